The van der Waals surface area contributed by atoms with Gasteiger partial charge in [0.2, 0.25) is 5.91 Å². The van der Waals surface area contributed by atoms with E-state index < -0.39 is 11.5 Å². The zero-order chi connectivity index (χ0) is 19.6. The molecule has 1 amide bonds. The molecule has 0 radical (unpaired) electrons. The molecule has 2 heterocycles. The maximum Gasteiger partial charge on any atom is 0.221 e. The summed E-state index contributed by atoms with van der Waals surface area (Å²) in [6, 6.07) is 9.39. The molecule has 0 aliphatic carbocycles. The average Bonchev–Trinajstić information content (AvgIpc) is 3.10. The lowest BCUT2D eigenvalue weighted by molar-refractivity contribution is -0.114. The fraction of sp³-hybridized carbons (Fsp3) is 0.368. The van der Waals surface area contributed by atoms with Gasteiger partial charge in [-0.3, -0.25) is 9.79 Å². The lowest BCUT2D eigenvalue weighted by Crippen LogP contribution is -2.38. The second kappa shape index (κ2) is 7.79. The van der Waals surface area contributed by atoms with Crippen LogP contribution in [0.2, 0.25) is 0 Å². The number of thioether (sulfide) groups is 2. The van der Waals surface area contributed by atoms with Crippen LogP contribution in [-0.4, -0.2) is 28.3 Å². The van der Waals surface area contributed by atoms with Gasteiger partial charge in [-0.15, -0.1) is 23.5 Å². The monoisotopic (exact) mass is 399 g/mol. The normalized spacial score (nSPS) is 23.6. The number of hydrogen-bond acceptors (Lipinski definition) is 7. The minimum absolute atomic E-state index is 0.129. The van der Waals surface area contributed by atoms with Crippen LogP contribution in [0.3, 0.4) is 0 Å². The minimum Gasteiger partial charge on any atom is -0.385 e. The van der Waals surface area contributed by atoms with Crippen LogP contribution < -0.4 is 11.1 Å². The Morgan fingerprint density at radius 1 is 1.30 bits per heavy atom. The number of amidine groups is 1. The van der Waals surface area contributed by atoms with Crippen LogP contribution in [0.15, 0.2) is 44.9 Å². The zero-order valence-electron chi connectivity index (χ0n) is 15.4. The van der Waals surface area contributed by atoms with Crippen LogP contribution in [0.4, 0.5) is 5.69 Å². The summed E-state index contributed by atoms with van der Waals surface area (Å²) < 4.78 is 0. The largest absolute Gasteiger partial charge is 0.385 e. The Bertz CT molecular complexity index is 898. The number of anilines is 1. The highest BCUT2D eigenvalue weighted by Gasteiger charge is 2.57. The third kappa shape index (κ3) is 3.26. The van der Waals surface area contributed by atoms with E-state index >= 15 is 0 Å². The first-order valence-corrected chi connectivity index (χ1v) is 10.7. The van der Waals surface area contributed by atoms with Crippen molar-refractivity contribution < 1.29 is 4.79 Å². The number of amides is 1. The number of nitrogens with one attached hydrogen (secondary N) is 1. The van der Waals surface area contributed by atoms with Gasteiger partial charge in [0.05, 0.1) is 11.1 Å². The van der Waals surface area contributed by atoms with E-state index in [4.69, 9.17) is 10.7 Å². The third-order valence-electron chi connectivity index (χ3n) is 4.39. The van der Waals surface area contributed by atoms with Crippen molar-refractivity contribution in [1.29, 1.82) is 5.26 Å². The van der Waals surface area contributed by atoms with Gasteiger partial charge in [0.25, 0.3) is 0 Å². The topological polar surface area (TPSA) is 104 Å². The number of carbonyl (C=O) groups is 1. The summed E-state index contributed by atoms with van der Waals surface area (Å²) >= 11 is 3.20. The first-order chi connectivity index (χ1) is 13.0. The number of hydrogen-bond donors (Lipinski definition) is 2. The van der Waals surface area contributed by atoms with Crippen molar-refractivity contribution in [2.45, 2.75) is 26.8 Å². The second-order valence-corrected chi connectivity index (χ2v) is 8.61. The van der Waals surface area contributed by atoms with Crippen LogP contribution in [0.5, 0.6) is 0 Å². The van der Waals surface area contributed by atoms with Gasteiger partial charge in [0.1, 0.15) is 16.9 Å². The molecule has 0 saturated heterocycles. The maximum atomic E-state index is 11.2. The molecular weight excluding hydrogens is 378 g/mol. The van der Waals surface area contributed by atoms with Crippen molar-refractivity contribution in [2.75, 3.05) is 16.8 Å². The Balaban J connectivity index is 2.09. The van der Waals surface area contributed by atoms with Crippen molar-refractivity contribution in [3.63, 3.8) is 0 Å². The van der Waals surface area contributed by atoms with E-state index in [1.807, 2.05) is 31.2 Å². The quantitative estimate of drug-likeness (QED) is 0.786. The van der Waals surface area contributed by atoms with Gasteiger partial charge in [-0.1, -0.05) is 26.0 Å². The number of benzene rings is 1. The first-order valence-electron chi connectivity index (χ1n) is 8.69. The van der Waals surface area contributed by atoms with Gasteiger partial charge in [0, 0.05) is 18.2 Å². The molecule has 0 saturated carbocycles. The van der Waals surface area contributed by atoms with E-state index in [9.17, 15) is 10.1 Å². The van der Waals surface area contributed by atoms with Gasteiger partial charge in [-0.05, 0) is 29.2 Å². The van der Waals surface area contributed by atoms with Crippen LogP contribution in [0.25, 0.3) is 0 Å². The highest BCUT2D eigenvalue weighted by Crippen LogP contribution is 2.56. The molecule has 1 aromatic rings. The van der Waals surface area contributed by atoms with Gasteiger partial charge in [-0.2, -0.15) is 5.26 Å². The molecule has 0 aromatic heterocycles. The number of nitrogens with two attached hydrogens (primary N) is 1. The molecular formula is C19H21N5OS2. The van der Waals surface area contributed by atoms with Crippen molar-refractivity contribution in [3.8, 4) is 6.07 Å². The van der Waals surface area contributed by atoms with E-state index in [0.29, 0.717) is 11.5 Å². The number of nitriles is 1. The smallest absolute Gasteiger partial charge is 0.221 e. The fourth-order valence-electron chi connectivity index (χ4n) is 3.30. The first kappa shape index (κ1) is 19.5. The summed E-state index contributed by atoms with van der Waals surface area (Å²) in [5.41, 5.74) is 7.65. The molecule has 0 bridgehead atoms. The third-order valence-corrected chi connectivity index (χ3v) is 6.12. The summed E-state index contributed by atoms with van der Waals surface area (Å²) in [5, 5.41) is 14.6. The average molecular weight is 400 g/mol. The molecule has 2 aliphatic heterocycles. The number of carbonyl (C=O) groups excluding carboxylic acids is 1. The molecule has 3 N–H and O–H groups in total. The molecule has 0 spiro atoms. The Hall–Kier alpha value is -2.24. The molecule has 140 valence electrons. The van der Waals surface area contributed by atoms with Gasteiger partial charge < -0.3 is 11.1 Å². The predicted octanol–water partition coefficient (Wildman–Crippen LogP) is 3.70. The summed E-state index contributed by atoms with van der Waals surface area (Å²) in [6.07, 6.45) is 0. The Morgan fingerprint density at radius 2 is 1.96 bits per heavy atom. The Labute approximate surface area is 167 Å². The number of rotatable bonds is 5. The molecule has 2 atom stereocenters. The van der Waals surface area contributed by atoms with Gasteiger partial charge in [-0.25, -0.2) is 4.99 Å². The van der Waals surface area contributed by atoms with Gasteiger partial charge >= 0.3 is 0 Å². The molecule has 0 fully saturated rings. The summed E-state index contributed by atoms with van der Waals surface area (Å²) in [5.74, 6) is 1.87. The van der Waals surface area contributed by atoms with Crippen molar-refractivity contribution in [1.82, 2.24) is 0 Å². The molecule has 1 aromatic carbocycles. The van der Waals surface area contributed by atoms with Crippen LogP contribution in [0.1, 0.15) is 32.4 Å². The SMILES string of the molecule is CCSC1=N[C@@H](c2ccc(NC(C)=O)cc2)[C@@]2(C#N)C(N)=NC(SCC)=C12. The number of aliphatic imine (C=N–C) groups is 2. The molecule has 2 aliphatic rings. The Kier molecular flexibility index (Phi) is 5.63. The number of fused-ring (bicyclic) bond motifs is 1. The summed E-state index contributed by atoms with van der Waals surface area (Å²) in [6.45, 7) is 5.57. The van der Waals surface area contributed by atoms with E-state index in [1.54, 1.807) is 23.5 Å². The van der Waals surface area contributed by atoms with E-state index in [1.165, 1.54) is 6.92 Å². The maximum absolute atomic E-state index is 11.2. The molecule has 8 heteroatoms. The minimum atomic E-state index is -1.06. The fourth-order valence-corrected chi connectivity index (χ4v) is 5.06. The standard InChI is InChI=1S/C19H21N5OS2/c1-4-26-16-14-17(27-5-2)24-18(21)19(14,10-20)15(23-16)12-6-8-13(9-7-12)22-11(3)25/h6-9,15H,4-5H2,1-3H3,(H2,21,24)(H,22,25)/t15-,19-/m0/s1. The molecule has 27 heavy (non-hydrogen) atoms. The predicted molar refractivity (Wildman–Crippen MR) is 114 cm³/mol. The summed E-state index contributed by atoms with van der Waals surface area (Å²) in [7, 11) is 0. The van der Waals surface area contributed by atoms with E-state index in [2.05, 4.69) is 23.3 Å². The van der Waals surface area contributed by atoms with Crippen LogP contribution in [0, 0.1) is 16.7 Å². The zero-order valence-corrected chi connectivity index (χ0v) is 17.1. The molecule has 0 unspecified atom stereocenters. The van der Waals surface area contributed by atoms with Crippen molar-refractivity contribution >= 4 is 46.0 Å². The van der Waals surface area contributed by atoms with Crippen LogP contribution in [-0.2, 0) is 4.79 Å². The van der Waals surface area contributed by atoms with Crippen molar-refractivity contribution in [2.24, 2.45) is 21.1 Å². The second-order valence-electron chi connectivity index (χ2n) is 6.10. The van der Waals surface area contributed by atoms with Crippen LogP contribution >= 0.6 is 23.5 Å². The highest BCUT2D eigenvalue weighted by molar-refractivity contribution is 8.14. The molecule has 3 rings (SSSR count). The summed E-state index contributed by atoms with van der Waals surface area (Å²) in [4.78, 5) is 20.7. The number of nitrogens with zero attached hydrogens (tertiary/aromatic N) is 3. The van der Waals surface area contributed by atoms with Gasteiger partial charge in [0.15, 0.2) is 5.41 Å². The van der Waals surface area contributed by atoms with Crippen molar-refractivity contribution in [3.05, 3.63) is 40.4 Å². The molecule has 6 nitrogen and oxygen atoms in total. The Morgan fingerprint density at radius 3 is 2.52 bits per heavy atom. The lowest BCUT2D eigenvalue weighted by atomic mass is 9.75. The highest BCUT2D eigenvalue weighted by atomic mass is 32.2. The lowest BCUT2D eigenvalue weighted by Gasteiger charge is -2.25. The van der Waals surface area contributed by atoms with E-state index in [-0.39, 0.29) is 5.91 Å². The van der Waals surface area contributed by atoms with E-state index in [0.717, 1.165) is 32.7 Å².